The van der Waals surface area contributed by atoms with E-state index >= 15 is 0 Å². The van der Waals surface area contributed by atoms with E-state index in [9.17, 15) is 5.11 Å². The molecule has 2 unspecified atom stereocenters. The van der Waals surface area contributed by atoms with Crippen LogP contribution in [-0.2, 0) is 17.6 Å². The lowest BCUT2D eigenvalue weighted by atomic mass is 9.95. The zero-order chi connectivity index (χ0) is 20.7. The third-order valence-electron chi connectivity index (χ3n) is 6.63. The molecule has 3 atom stereocenters. The van der Waals surface area contributed by atoms with Gasteiger partial charge in [0.05, 0.1) is 11.0 Å². The summed E-state index contributed by atoms with van der Waals surface area (Å²) in [5.41, 5.74) is 5.82. The second-order valence-corrected chi connectivity index (χ2v) is 8.49. The van der Waals surface area contributed by atoms with Gasteiger partial charge in [0, 0.05) is 43.4 Å². The lowest BCUT2D eigenvalue weighted by Crippen LogP contribution is -2.45. The van der Waals surface area contributed by atoms with Gasteiger partial charge in [-0.3, -0.25) is 0 Å². The number of ether oxygens (including phenoxy) is 1. The zero-order valence-corrected chi connectivity index (χ0v) is 17.7. The first-order valence-electron chi connectivity index (χ1n) is 10.9. The van der Waals surface area contributed by atoms with Crippen molar-refractivity contribution in [2.75, 3.05) is 25.1 Å². The van der Waals surface area contributed by atoms with Crippen molar-refractivity contribution >= 4 is 16.7 Å². The molecule has 6 heteroatoms. The number of aliphatic hydroxyl groups is 1. The van der Waals surface area contributed by atoms with Gasteiger partial charge >= 0.3 is 0 Å². The van der Waals surface area contributed by atoms with Crippen molar-refractivity contribution in [3.8, 4) is 0 Å². The second-order valence-electron chi connectivity index (χ2n) is 8.49. The molecule has 3 aromatic rings. The average molecular weight is 407 g/mol. The predicted molar refractivity (Wildman–Crippen MR) is 119 cm³/mol. The minimum atomic E-state index is -0.943. The molecule has 2 N–H and O–H groups in total. The van der Waals surface area contributed by atoms with Gasteiger partial charge in [-0.05, 0) is 50.4 Å². The molecule has 158 valence electrons. The van der Waals surface area contributed by atoms with E-state index in [0.29, 0.717) is 6.04 Å². The largest absolute Gasteiger partial charge is 0.351 e. The number of methoxy groups -OCH3 is 1. The van der Waals surface area contributed by atoms with E-state index < -0.39 is 6.41 Å². The van der Waals surface area contributed by atoms with Gasteiger partial charge in [-0.15, -0.1) is 0 Å². The van der Waals surface area contributed by atoms with Crippen LogP contribution in [0.5, 0.6) is 0 Å². The molecule has 0 amide bonds. The van der Waals surface area contributed by atoms with Gasteiger partial charge in [-0.25, -0.2) is 4.98 Å². The number of benzene rings is 2. The maximum atomic E-state index is 10.5. The summed E-state index contributed by atoms with van der Waals surface area (Å²) in [6, 6.07) is 15.5. The van der Waals surface area contributed by atoms with Gasteiger partial charge in [-0.2, -0.15) is 0 Å². The smallest absolute Gasteiger partial charge is 0.237 e. The summed E-state index contributed by atoms with van der Waals surface area (Å²) in [5, 5.41) is 14.0. The highest BCUT2D eigenvalue weighted by Gasteiger charge is 2.31. The van der Waals surface area contributed by atoms with Crippen LogP contribution in [0.3, 0.4) is 0 Å². The molecule has 6 nitrogen and oxygen atoms in total. The number of anilines is 1. The number of aromatic nitrogens is 2. The van der Waals surface area contributed by atoms with E-state index in [1.54, 1.807) is 7.11 Å². The Morgan fingerprint density at radius 2 is 2.03 bits per heavy atom. The Labute approximate surface area is 177 Å². The molecule has 2 aliphatic rings. The van der Waals surface area contributed by atoms with E-state index in [0.717, 1.165) is 55.8 Å². The SMILES string of the molecule is COC(O)N1c2ccc3c(nc(Cc4ccccc4)n3C3CCNC3)c2CC[C@@H]1C. The van der Waals surface area contributed by atoms with Crippen molar-refractivity contribution < 1.29 is 9.84 Å². The molecule has 0 bridgehead atoms. The fourth-order valence-electron chi connectivity index (χ4n) is 5.09. The van der Waals surface area contributed by atoms with Crippen molar-refractivity contribution in [1.82, 2.24) is 14.9 Å². The normalized spacial score (nSPS) is 22.4. The molecule has 0 saturated carbocycles. The van der Waals surface area contributed by atoms with E-state index in [1.807, 2.05) is 4.90 Å². The molecule has 0 aliphatic carbocycles. The van der Waals surface area contributed by atoms with Crippen molar-refractivity contribution in [3.63, 3.8) is 0 Å². The quantitative estimate of drug-likeness (QED) is 0.637. The number of fused-ring (bicyclic) bond motifs is 3. The predicted octanol–water partition coefficient (Wildman–Crippen LogP) is 3.22. The first-order valence-corrected chi connectivity index (χ1v) is 10.9. The Hall–Kier alpha value is -2.41. The van der Waals surface area contributed by atoms with Crippen LogP contribution in [-0.4, -0.2) is 47.3 Å². The maximum Gasteiger partial charge on any atom is 0.237 e. The van der Waals surface area contributed by atoms with Crippen LogP contribution in [0.4, 0.5) is 5.69 Å². The Bertz CT molecular complexity index is 1030. The van der Waals surface area contributed by atoms with Crippen molar-refractivity contribution in [2.24, 2.45) is 0 Å². The highest BCUT2D eigenvalue weighted by Crippen LogP contribution is 2.38. The summed E-state index contributed by atoms with van der Waals surface area (Å²) >= 11 is 0. The number of nitrogens with one attached hydrogen (secondary N) is 1. The number of aryl methyl sites for hydroxylation is 1. The summed E-state index contributed by atoms with van der Waals surface area (Å²) in [4.78, 5) is 7.17. The Morgan fingerprint density at radius 3 is 2.77 bits per heavy atom. The molecule has 1 fully saturated rings. The van der Waals surface area contributed by atoms with Crippen LogP contribution in [0.2, 0.25) is 0 Å². The average Bonchev–Trinajstić information content (AvgIpc) is 3.41. The van der Waals surface area contributed by atoms with Crippen molar-refractivity contribution in [3.05, 3.63) is 59.4 Å². The number of hydrogen-bond donors (Lipinski definition) is 2. The van der Waals surface area contributed by atoms with E-state index in [4.69, 9.17) is 9.72 Å². The second kappa shape index (κ2) is 8.02. The monoisotopic (exact) mass is 406 g/mol. The highest BCUT2D eigenvalue weighted by molar-refractivity contribution is 5.86. The standard InChI is InChI=1S/C24H30N4O2/c1-16-8-9-19-20(27(16)24(29)30-2)10-11-21-23(19)26-22(14-17-6-4-3-5-7-17)28(21)18-12-13-25-15-18/h3-7,10-11,16,18,24-25,29H,8-9,12-15H2,1-2H3/t16-,18?,24?/m0/s1. The number of nitrogens with zero attached hydrogens (tertiary/aromatic N) is 3. The fourth-order valence-corrected chi connectivity index (χ4v) is 5.09. The zero-order valence-electron chi connectivity index (χ0n) is 17.7. The van der Waals surface area contributed by atoms with Gasteiger partial charge in [-0.1, -0.05) is 30.3 Å². The fraction of sp³-hybridized carbons (Fsp3) is 0.458. The molecule has 30 heavy (non-hydrogen) atoms. The van der Waals surface area contributed by atoms with Crippen molar-refractivity contribution in [2.45, 2.75) is 51.1 Å². The minimum Gasteiger partial charge on any atom is -0.351 e. The third kappa shape index (κ3) is 3.29. The summed E-state index contributed by atoms with van der Waals surface area (Å²) in [7, 11) is 1.55. The lowest BCUT2D eigenvalue weighted by molar-refractivity contribution is -0.0794. The molecule has 1 saturated heterocycles. The molecule has 0 spiro atoms. The molecular weight excluding hydrogens is 376 g/mol. The van der Waals surface area contributed by atoms with Crippen LogP contribution in [0, 0.1) is 0 Å². The minimum absolute atomic E-state index is 0.217. The van der Waals surface area contributed by atoms with Crippen LogP contribution >= 0.6 is 0 Å². The highest BCUT2D eigenvalue weighted by atomic mass is 16.6. The summed E-state index contributed by atoms with van der Waals surface area (Å²) < 4.78 is 7.72. The summed E-state index contributed by atoms with van der Waals surface area (Å²) in [6.45, 7) is 4.17. The van der Waals surface area contributed by atoms with Crippen LogP contribution in [0.15, 0.2) is 42.5 Å². The van der Waals surface area contributed by atoms with Crippen LogP contribution in [0.25, 0.3) is 11.0 Å². The first kappa shape index (κ1) is 19.5. The Balaban J connectivity index is 1.66. The van der Waals surface area contributed by atoms with Gasteiger partial charge in [0.15, 0.2) is 0 Å². The number of imidazole rings is 1. The first-order chi connectivity index (χ1) is 14.7. The number of rotatable bonds is 5. The van der Waals surface area contributed by atoms with E-state index in [1.165, 1.54) is 16.6 Å². The molecule has 3 heterocycles. The summed E-state index contributed by atoms with van der Waals surface area (Å²) in [6.07, 6.45) is 2.93. The van der Waals surface area contributed by atoms with Gasteiger partial charge in [0.25, 0.3) is 0 Å². The molecule has 5 rings (SSSR count). The van der Waals surface area contributed by atoms with Crippen LogP contribution in [0.1, 0.15) is 42.8 Å². The molecular formula is C24H30N4O2. The van der Waals surface area contributed by atoms with Crippen molar-refractivity contribution in [1.29, 1.82) is 0 Å². The molecule has 2 aromatic carbocycles. The number of hydrogen-bond acceptors (Lipinski definition) is 5. The Kier molecular flexibility index (Phi) is 5.23. The van der Waals surface area contributed by atoms with Gasteiger partial charge in [0.2, 0.25) is 6.41 Å². The van der Waals surface area contributed by atoms with E-state index in [2.05, 4.69) is 59.3 Å². The van der Waals surface area contributed by atoms with Crippen LogP contribution < -0.4 is 10.2 Å². The topological polar surface area (TPSA) is 62.6 Å². The van der Waals surface area contributed by atoms with Gasteiger partial charge < -0.3 is 24.6 Å². The van der Waals surface area contributed by atoms with Gasteiger partial charge in [0.1, 0.15) is 5.82 Å². The Morgan fingerprint density at radius 1 is 1.20 bits per heavy atom. The molecule has 1 aromatic heterocycles. The third-order valence-corrected chi connectivity index (χ3v) is 6.63. The molecule has 2 aliphatic heterocycles. The maximum absolute atomic E-state index is 10.5. The van der Waals surface area contributed by atoms with E-state index in [-0.39, 0.29) is 6.04 Å². The summed E-state index contributed by atoms with van der Waals surface area (Å²) in [5.74, 6) is 1.12. The lowest BCUT2D eigenvalue weighted by Gasteiger charge is -2.39. The molecule has 0 radical (unpaired) electrons. The number of aliphatic hydroxyl groups excluding tert-OH is 1.